The molecule has 106 valence electrons. The Morgan fingerprint density at radius 1 is 1.37 bits per heavy atom. The number of likely N-dealkylation sites (N-methyl/N-ethyl adjacent to an activating group) is 1. The van der Waals surface area contributed by atoms with Gasteiger partial charge in [0.25, 0.3) is 0 Å². The molecule has 1 aliphatic heterocycles. The van der Waals surface area contributed by atoms with Gasteiger partial charge in [-0.1, -0.05) is 0 Å². The number of anilines is 1. The summed E-state index contributed by atoms with van der Waals surface area (Å²) in [5, 5.41) is 13.4. The summed E-state index contributed by atoms with van der Waals surface area (Å²) >= 11 is 0. The highest BCUT2D eigenvalue weighted by Crippen LogP contribution is 2.21. The van der Waals surface area contributed by atoms with Crippen molar-refractivity contribution >= 4 is 5.82 Å². The molecule has 0 bridgehead atoms. The number of hydrogen-bond acceptors (Lipinski definition) is 6. The Balaban J connectivity index is 1.87. The first-order chi connectivity index (χ1) is 9.11. The zero-order valence-electron chi connectivity index (χ0n) is 11.6. The van der Waals surface area contributed by atoms with Gasteiger partial charge in [-0.25, -0.2) is 4.98 Å². The molecule has 1 aliphatic rings. The van der Waals surface area contributed by atoms with Gasteiger partial charge < -0.3 is 15.2 Å². The number of aromatic nitrogens is 2. The average Bonchev–Trinajstić information content (AvgIpc) is 2.39. The van der Waals surface area contributed by atoms with Gasteiger partial charge in [0, 0.05) is 46.2 Å². The summed E-state index contributed by atoms with van der Waals surface area (Å²) in [5.41, 5.74) is 0.267. The van der Waals surface area contributed by atoms with Gasteiger partial charge in [0.05, 0.1) is 23.7 Å². The second-order valence-corrected chi connectivity index (χ2v) is 5.15. The Morgan fingerprint density at radius 2 is 2.11 bits per heavy atom. The van der Waals surface area contributed by atoms with Crippen LogP contribution in [-0.4, -0.2) is 59.4 Å². The number of nitrogens with zero attached hydrogens (tertiary/aromatic N) is 3. The number of ether oxygens (including phenoxy) is 1. The van der Waals surface area contributed by atoms with Crippen LogP contribution in [0, 0.1) is 0 Å². The molecular weight excluding hydrogens is 244 g/mol. The van der Waals surface area contributed by atoms with Crippen molar-refractivity contribution in [3.63, 3.8) is 0 Å². The molecule has 0 spiro atoms. The zero-order valence-corrected chi connectivity index (χ0v) is 11.6. The van der Waals surface area contributed by atoms with E-state index in [0.717, 1.165) is 11.5 Å². The van der Waals surface area contributed by atoms with Crippen molar-refractivity contribution in [3.8, 4) is 0 Å². The maximum absolute atomic E-state index is 10.4. The topological polar surface area (TPSA) is 70.5 Å². The first-order valence-corrected chi connectivity index (χ1v) is 6.59. The minimum Gasteiger partial charge on any atom is -0.388 e. The molecule has 19 heavy (non-hydrogen) atoms. The number of hydrogen-bond donors (Lipinski definition) is 2. The second-order valence-electron chi connectivity index (χ2n) is 5.15. The standard InChI is InChI=1S/C13H22N4O2/c1-14-12-8-15-11(7-16-12)9-17(2)10-13(18)3-5-19-6-4-13/h7-8,18H,3-6,9-10H2,1-2H3,(H,14,16). The number of rotatable bonds is 5. The van der Waals surface area contributed by atoms with Gasteiger partial charge in [0.2, 0.25) is 0 Å². The van der Waals surface area contributed by atoms with Gasteiger partial charge >= 0.3 is 0 Å². The van der Waals surface area contributed by atoms with Crippen molar-refractivity contribution < 1.29 is 9.84 Å². The summed E-state index contributed by atoms with van der Waals surface area (Å²) in [4.78, 5) is 10.6. The zero-order chi connectivity index (χ0) is 13.7. The average molecular weight is 266 g/mol. The van der Waals surface area contributed by atoms with Crippen molar-refractivity contribution in [2.45, 2.75) is 25.0 Å². The summed E-state index contributed by atoms with van der Waals surface area (Å²) in [6.45, 7) is 2.59. The van der Waals surface area contributed by atoms with Gasteiger partial charge in [-0.15, -0.1) is 0 Å². The molecule has 1 saturated heterocycles. The van der Waals surface area contributed by atoms with Crippen LogP contribution in [0.5, 0.6) is 0 Å². The fourth-order valence-corrected chi connectivity index (χ4v) is 2.31. The van der Waals surface area contributed by atoms with Gasteiger partial charge in [-0.05, 0) is 7.05 Å². The van der Waals surface area contributed by atoms with Crippen molar-refractivity contribution in [3.05, 3.63) is 18.1 Å². The van der Waals surface area contributed by atoms with Crippen LogP contribution in [0.4, 0.5) is 5.82 Å². The third kappa shape index (κ3) is 4.12. The molecule has 6 heteroatoms. The van der Waals surface area contributed by atoms with E-state index in [1.165, 1.54) is 0 Å². The third-order valence-electron chi connectivity index (χ3n) is 3.38. The summed E-state index contributed by atoms with van der Waals surface area (Å²) < 4.78 is 5.28. The van der Waals surface area contributed by atoms with Gasteiger partial charge in [-0.2, -0.15) is 0 Å². The first kappa shape index (κ1) is 14.2. The minimum absolute atomic E-state index is 0.631. The smallest absolute Gasteiger partial charge is 0.144 e. The molecule has 2 N–H and O–H groups in total. The summed E-state index contributed by atoms with van der Waals surface area (Å²) in [5.74, 6) is 0.759. The van der Waals surface area contributed by atoms with Gasteiger partial charge in [0.1, 0.15) is 5.82 Å². The normalized spacial score (nSPS) is 18.5. The highest BCUT2D eigenvalue weighted by atomic mass is 16.5. The van der Waals surface area contributed by atoms with E-state index in [4.69, 9.17) is 4.74 Å². The largest absolute Gasteiger partial charge is 0.388 e. The SMILES string of the molecule is CNc1cnc(CN(C)CC2(O)CCOCC2)cn1. The molecule has 0 aromatic carbocycles. The molecule has 2 rings (SSSR count). The van der Waals surface area contributed by atoms with Crippen molar-refractivity contribution in [1.29, 1.82) is 0 Å². The lowest BCUT2D eigenvalue weighted by atomic mass is 9.94. The molecule has 0 unspecified atom stereocenters. The number of aliphatic hydroxyl groups is 1. The van der Waals surface area contributed by atoms with Crippen LogP contribution in [0.15, 0.2) is 12.4 Å². The van der Waals surface area contributed by atoms with E-state index >= 15 is 0 Å². The van der Waals surface area contributed by atoms with E-state index in [0.29, 0.717) is 39.1 Å². The summed E-state index contributed by atoms with van der Waals surface area (Å²) in [6, 6.07) is 0. The Labute approximate surface area is 113 Å². The predicted molar refractivity (Wildman–Crippen MR) is 72.9 cm³/mol. The van der Waals surface area contributed by atoms with E-state index in [1.54, 1.807) is 12.4 Å². The van der Waals surface area contributed by atoms with Gasteiger partial charge in [-0.3, -0.25) is 9.88 Å². The van der Waals surface area contributed by atoms with E-state index in [9.17, 15) is 5.11 Å². The minimum atomic E-state index is -0.634. The number of nitrogens with one attached hydrogen (secondary N) is 1. The maximum atomic E-state index is 10.4. The first-order valence-electron chi connectivity index (χ1n) is 6.59. The Hall–Kier alpha value is -1.24. The van der Waals surface area contributed by atoms with E-state index in [2.05, 4.69) is 20.2 Å². The van der Waals surface area contributed by atoms with Crippen molar-refractivity contribution in [2.75, 3.05) is 39.2 Å². The second kappa shape index (κ2) is 6.27. The van der Waals surface area contributed by atoms with E-state index in [-0.39, 0.29) is 0 Å². The third-order valence-corrected chi connectivity index (χ3v) is 3.38. The van der Waals surface area contributed by atoms with Crippen molar-refractivity contribution in [2.24, 2.45) is 0 Å². The molecule has 0 amide bonds. The Bertz CT molecular complexity index is 390. The molecule has 6 nitrogen and oxygen atoms in total. The van der Waals surface area contributed by atoms with E-state index in [1.807, 2.05) is 14.1 Å². The highest BCUT2D eigenvalue weighted by molar-refractivity contribution is 5.29. The molecular formula is C13H22N4O2. The fraction of sp³-hybridized carbons (Fsp3) is 0.692. The highest BCUT2D eigenvalue weighted by Gasteiger charge is 2.30. The fourth-order valence-electron chi connectivity index (χ4n) is 2.31. The Kier molecular flexibility index (Phi) is 4.68. The lowest BCUT2D eigenvalue weighted by Crippen LogP contribution is -2.45. The van der Waals surface area contributed by atoms with Crippen LogP contribution >= 0.6 is 0 Å². The van der Waals surface area contributed by atoms with Crippen LogP contribution in [-0.2, 0) is 11.3 Å². The molecule has 1 fully saturated rings. The molecule has 2 heterocycles. The Morgan fingerprint density at radius 3 is 2.68 bits per heavy atom. The molecule has 0 aliphatic carbocycles. The molecule has 1 aromatic rings. The summed E-state index contributed by atoms with van der Waals surface area (Å²) in [7, 11) is 3.80. The van der Waals surface area contributed by atoms with E-state index < -0.39 is 5.60 Å². The van der Waals surface area contributed by atoms with Gasteiger partial charge in [0.15, 0.2) is 0 Å². The lowest BCUT2D eigenvalue weighted by Gasteiger charge is -2.35. The molecule has 0 atom stereocenters. The lowest BCUT2D eigenvalue weighted by molar-refractivity contribution is -0.0778. The monoisotopic (exact) mass is 266 g/mol. The van der Waals surface area contributed by atoms with Crippen LogP contribution in [0.25, 0.3) is 0 Å². The van der Waals surface area contributed by atoms with Crippen molar-refractivity contribution in [1.82, 2.24) is 14.9 Å². The summed E-state index contributed by atoms with van der Waals surface area (Å²) in [6.07, 6.45) is 4.87. The molecule has 0 saturated carbocycles. The maximum Gasteiger partial charge on any atom is 0.144 e. The quantitative estimate of drug-likeness (QED) is 0.808. The predicted octanol–water partition coefficient (Wildman–Crippen LogP) is 0.492. The van der Waals surface area contributed by atoms with Crippen LogP contribution < -0.4 is 5.32 Å². The van der Waals surface area contributed by atoms with Crippen LogP contribution in [0.2, 0.25) is 0 Å². The molecule has 1 aromatic heterocycles. The van der Waals surface area contributed by atoms with Crippen LogP contribution in [0.1, 0.15) is 18.5 Å². The molecule has 0 radical (unpaired) electrons. The van der Waals surface area contributed by atoms with Crippen LogP contribution in [0.3, 0.4) is 0 Å².